The van der Waals surface area contributed by atoms with Crippen molar-refractivity contribution in [1.82, 2.24) is 10.1 Å². The summed E-state index contributed by atoms with van der Waals surface area (Å²) in [5, 5.41) is 4.18. The maximum atomic E-state index is 11.3. The summed E-state index contributed by atoms with van der Waals surface area (Å²) >= 11 is 0. The molecule has 0 aliphatic heterocycles. The van der Waals surface area contributed by atoms with Gasteiger partial charge < -0.3 is 13.8 Å². The van der Waals surface area contributed by atoms with Gasteiger partial charge in [-0.3, -0.25) is 4.57 Å². The van der Waals surface area contributed by atoms with Crippen molar-refractivity contribution in [1.29, 1.82) is 0 Å². The quantitative estimate of drug-likeness (QED) is 0.634. The van der Waals surface area contributed by atoms with Crippen molar-refractivity contribution in [3.8, 4) is 11.5 Å². The van der Waals surface area contributed by atoms with Crippen LogP contribution >= 0.6 is 7.60 Å². The smallest absolute Gasteiger partial charge is 0.328 e. The molecule has 1 unspecified atom stereocenters. The van der Waals surface area contributed by atoms with Crippen LogP contribution in [-0.4, -0.2) is 28.2 Å². The van der Waals surface area contributed by atoms with Crippen molar-refractivity contribution in [2.24, 2.45) is 0 Å². The number of aryl methyl sites for hydroxylation is 1. The minimum absolute atomic E-state index is 0.111. The highest BCUT2D eigenvalue weighted by molar-refractivity contribution is 7.52. The van der Waals surface area contributed by atoms with E-state index in [1.54, 1.807) is 23.3 Å². The molecular weight excluding hydrogens is 269 g/mol. The molecule has 19 heavy (non-hydrogen) atoms. The predicted octanol–water partition coefficient (Wildman–Crippen LogP) is 1.25. The normalized spacial score (nSPS) is 14.2. The van der Waals surface area contributed by atoms with Crippen LogP contribution in [-0.2, 0) is 15.6 Å². The van der Waals surface area contributed by atoms with Gasteiger partial charge >= 0.3 is 7.60 Å². The molecule has 2 heterocycles. The summed E-state index contributed by atoms with van der Waals surface area (Å²) < 4.78 is 22.6. The lowest BCUT2D eigenvalue weighted by atomic mass is 10.3. The number of hydrogen-bond acceptors (Lipinski definition) is 5. The van der Waals surface area contributed by atoms with Gasteiger partial charge in [0.15, 0.2) is 12.7 Å². The van der Waals surface area contributed by atoms with Crippen molar-refractivity contribution in [2.75, 3.05) is 13.3 Å². The predicted molar refractivity (Wildman–Crippen MR) is 66.2 cm³/mol. The molecule has 1 atom stereocenters. The number of rotatable bonds is 6. The van der Waals surface area contributed by atoms with Crippen molar-refractivity contribution in [3.05, 3.63) is 30.9 Å². The van der Waals surface area contributed by atoms with Gasteiger partial charge in [-0.15, -0.1) is 0 Å². The Balaban J connectivity index is 1.91. The summed E-state index contributed by atoms with van der Waals surface area (Å²) in [6, 6.07) is 1.83. The minimum atomic E-state index is -3.43. The van der Waals surface area contributed by atoms with E-state index in [0.29, 0.717) is 18.9 Å². The zero-order valence-corrected chi connectivity index (χ0v) is 11.4. The van der Waals surface area contributed by atoms with E-state index in [9.17, 15) is 9.46 Å². The summed E-state index contributed by atoms with van der Waals surface area (Å²) in [6.45, 7) is 0.541. The third-order valence-corrected chi connectivity index (χ3v) is 4.02. The highest BCUT2D eigenvalue weighted by Gasteiger charge is 2.17. The molecule has 0 fully saturated rings. The molecule has 2 aromatic rings. The fourth-order valence-corrected chi connectivity index (χ4v) is 2.26. The Hall–Kier alpha value is -1.56. The van der Waals surface area contributed by atoms with Crippen LogP contribution in [0, 0.1) is 0 Å². The number of hydrogen-bond donors (Lipinski definition) is 1. The first-order valence-electron chi connectivity index (χ1n) is 5.74. The molecule has 8 heteroatoms. The van der Waals surface area contributed by atoms with E-state index in [4.69, 9.17) is 4.42 Å². The Morgan fingerprint density at radius 3 is 3.00 bits per heavy atom. The van der Waals surface area contributed by atoms with Crippen LogP contribution in [0.4, 0.5) is 0 Å². The summed E-state index contributed by atoms with van der Waals surface area (Å²) in [4.78, 5) is 13.3. The molecule has 2 rings (SSSR count). The summed E-state index contributed by atoms with van der Waals surface area (Å²) in [5.41, 5.74) is 0.783. The number of oxazole rings is 1. The fraction of sp³-hybridized carbons (Fsp3) is 0.364. The average Bonchev–Trinajstić information content (AvgIpc) is 2.93. The second-order valence-electron chi connectivity index (χ2n) is 3.91. The highest BCUT2D eigenvalue weighted by atomic mass is 31.2. The van der Waals surface area contributed by atoms with Crippen molar-refractivity contribution < 1.29 is 23.1 Å². The first-order chi connectivity index (χ1) is 9.11. The molecule has 0 spiro atoms. The molecule has 0 bridgehead atoms. The molecule has 0 aliphatic rings. The average molecular weight is 284 g/mol. The molecule has 0 saturated carbocycles. The van der Waals surface area contributed by atoms with Gasteiger partial charge in [-0.05, 0) is 5.10 Å². The van der Waals surface area contributed by atoms with E-state index >= 15 is 0 Å². The van der Waals surface area contributed by atoms with Gasteiger partial charge in [-0.1, -0.05) is 4.68 Å². The van der Waals surface area contributed by atoms with Crippen LogP contribution < -0.4 is 4.68 Å². The third kappa shape index (κ3) is 3.96. The van der Waals surface area contributed by atoms with Gasteiger partial charge in [0.25, 0.3) is 0 Å². The molecule has 2 aromatic heterocycles. The van der Waals surface area contributed by atoms with Crippen LogP contribution in [0.5, 0.6) is 0 Å². The van der Waals surface area contributed by atoms with Crippen LogP contribution in [0.3, 0.4) is 0 Å². The molecular formula is C11H15N3O4P+. The molecule has 0 aromatic carbocycles. The maximum absolute atomic E-state index is 11.3. The molecule has 102 valence electrons. The summed E-state index contributed by atoms with van der Waals surface area (Å²) in [6.07, 6.45) is 7.10. The summed E-state index contributed by atoms with van der Waals surface area (Å²) in [7, 11) is -2.19. The zero-order chi connectivity index (χ0) is 13.7. The Morgan fingerprint density at radius 2 is 2.42 bits per heavy atom. The second kappa shape index (κ2) is 6.06. The van der Waals surface area contributed by atoms with Gasteiger partial charge in [-0.25, -0.2) is 4.98 Å². The monoisotopic (exact) mass is 284 g/mol. The van der Waals surface area contributed by atoms with Crippen LogP contribution in [0.1, 0.15) is 6.42 Å². The Bertz CT molecular complexity index is 556. The lowest BCUT2D eigenvalue weighted by Gasteiger charge is -2.05. The lowest BCUT2D eigenvalue weighted by Crippen LogP contribution is -2.37. The lowest BCUT2D eigenvalue weighted by molar-refractivity contribution is -0.753. The first-order valence-corrected chi connectivity index (χ1v) is 7.50. The maximum Gasteiger partial charge on any atom is 0.328 e. The molecule has 0 radical (unpaired) electrons. The zero-order valence-electron chi connectivity index (χ0n) is 10.5. The number of aromatic nitrogens is 3. The Kier molecular flexibility index (Phi) is 4.42. The van der Waals surface area contributed by atoms with Crippen molar-refractivity contribution in [2.45, 2.75) is 13.0 Å². The standard InChI is InChI=1S/C11H14N3O4P/c1-17-19(15,16)8-2-5-14-6-3-10(9-13-14)11-12-4-7-18-11/h3-4,6-7,9H,2,5,8H2,1H3/p+1. The first kappa shape index (κ1) is 13.9. The van der Waals surface area contributed by atoms with Gasteiger partial charge in [0.05, 0.1) is 17.9 Å². The second-order valence-corrected chi connectivity index (χ2v) is 6.00. The highest BCUT2D eigenvalue weighted by Crippen LogP contribution is 2.40. The van der Waals surface area contributed by atoms with E-state index < -0.39 is 7.60 Å². The molecule has 7 nitrogen and oxygen atoms in total. The SMILES string of the molecule is COP(=O)(O)CCC[n+]1ccc(-c2ncco2)cn1. The molecule has 0 amide bonds. The van der Waals surface area contributed by atoms with E-state index in [-0.39, 0.29) is 6.16 Å². The molecule has 0 saturated heterocycles. The van der Waals surface area contributed by atoms with E-state index in [1.807, 2.05) is 6.07 Å². The Labute approximate surface area is 110 Å². The molecule has 0 aliphatic carbocycles. The van der Waals surface area contributed by atoms with Crippen molar-refractivity contribution >= 4 is 7.60 Å². The third-order valence-electron chi connectivity index (χ3n) is 2.56. The van der Waals surface area contributed by atoms with E-state index in [1.165, 1.54) is 13.4 Å². The number of nitrogens with zero attached hydrogens (tertiary/aromatic N) is 3. The van der Waals surface area contributed by atoms with Gasteiger partial charge in [0.1, 0.15) is 12.5 Å². The van der Waals surface area contributed by atoms with Gasteiger partial charge in [0.2, 0.25) is 5.89 Å². The van der Waals surface area contributed by atoms with Crippen LogP contribution in [0.15, 0.2) is 35.3 Å². The largest absolute Gasteiger partial charge is 0.444 e. The van der Waals surface area contributed by atoms with E-state index in [2.05, 4.69) is 14.6 Å². The van der Waals surface area contributed by atoms with Crippen LogP contribution in [0.2, 0.25) is 0 Å². The van der Waals surface area contributed by atoms with Gasteiger partial charge in [-0.2, -0.15) is 0 Å². The van der Waals surface area contributed by atoms with Gasteiger partial charge in [0, 0.05) is 19.6 Å². The molecule has 1 N–H and O–H groups in total. The minimum Gasteiger partial charge on any atom is -0.444 e. The van der Waals surface area contributed by atoms with Crippen LogP contribution in [0.25, 0.3) is 11.5 Å². The fourth-order valence-electron chi connectivity index (χ4n) is 1.53. The Morgan fingerprint density at radius 1 is 1.58 bits per heavy atom. The summed E-state index contributed by atoms with van der Waals surface area (Å²) in [5.74, 6) is 0.513. The van der Waals surface area contributed by atoms with E-state index in [0.717, 1.165) is 5.56 Å². The topological polar surface area (TPSA) is 89.3 Å². The van der Waals surface area contributed by atoms with Crippen molar-refractivity contribution in [3.63, 3.8) is 0 Å².